The molecule has 0 atom stereocenters. The first-order chi connectivity index (χ1) is 9.25. The number of carbonyl (C=O) groups is 1. The van der Waals surface area contributed by atoms with E-state index in [1.807, 2.05) is 0 Å². The summed E-state index contributed by atoms with van der Waals surface area (Å²) in [5, 5.41) is 0. The van der Waals surface area contributed by atoms with Crippen molar-refractivity contribution >= 4 is 5.91 Å². The van der Waals surface area contributed by atoms with Gasteiger partial charge in [-0.3, -0.25) is 4.79 Å². The molecule has 2 fully saturated rings. The fourth-order valence-corrected chi connectivity index (χ4v) is 3.14. The number of nitrogens with zero attached hydrogens (tertiary/aromatic N) is 1. The summed E-state index contributed by atoms with van der Waals surface area (Å²) in [6, 6.07) is 7.45. The lowest BCUT2D eigenvalue weighted by Gasteiger charge is -2.29. The van der Waals surface area contributed by atoms with Crippen LogP contribution in [0.2, 0.25) is 0 Å². The minimum atomic E-state index is -0.266. The molecule has 3 heteroatoms. The van der Waals surface area contributed by atoms with Crippen molar-refractivity contribution < 1.29 is 9.18 Å². The lowest BCUT2D eigenvalue weighted by molar-refractivity contribution is -0.133. The Balaban J connectivity index is 1.72. The van der Waals surface area contributed by atoms with E-state index >= 15 is 0 Å². The van der Waals surface area contributed by atoms with Crippen molar-refractivity contribution in [1.29, 1.82) is 0 Å². The lowest BCUT2D eigenvalue weighted by atomic mass is 10.1. The Hall–Kier alpha value is -1.38. The third kappa shape index (κ3) is 2.80. The maximum atomic E-state index is 13.6. The summed E-state index contributed by atoms with van der Waals surface area (Å²) < 4.78 is 13.6. The van der Waals surface area contributed by atoms with Gasteiger partial charge < -0.3 is 4.90 Å². The number of hydrogen-bond acceptors (Lipinski definition) is 1. The molecule has 2 saturated carbocycles. The van der Waals surface area contributed by atoms with Crippen molar-refractivity contribution in [3.63, 3.8) is 0 Å². The molecular weight excluding hydrogens is 241 g/mol. The molecule has 1 aromatic carbocycles. The molecule has 1 amide bonds. The maximum absolute atomic E-state index is 13.6. The summed E-state index contributed by atoms with van der Waals surface area (Å²) in [7, 11) is 0. The van der Waals surface area contributed by atoms with Gasteiger partial charge in [0.05, 0.1) is 6.42 Å². The quantitative estimate of drug-likeness (QED) is 0.814. The number of amides is 1. The molecule has 0 spiro atoms. The molecule has 2 nitrogen and oxygen atoms in total. The van der Waals surface area contributed by atoms with Crippen molar-refractivity contribution in [3.8, 4) is 0 Å². The van der Waals surface area contributed by atoms with Gasteiger partial charge in [0.2, 0.25) is 5.91 Å². The zero-order chi connectivity index (χ0) is 13.2. The van der Waals surface area contributed by atoms with E-state index in [1.54, 1.807) is 18.2 Å². The van der Waals surface area contributed by atoms with Gasteiger partial charge in [-0.2, -0.15) is 0 Å². The monoisotopic (exact) mass is 261 g/mol. The largest absolute Gasteiger partial charge is 0.336 e. The van der Waals surface area contributed by atoms with Gasteiger partial charge in [-0.1, -0.05) is 31.0 Å². The molecule has 2 aliphatic carbocycles. The zero-order valence-corrected chi connectivity index (χ0v) is 11.1. The second kappa shape index (κ2) is 5.32. The van der Waals surface area contributed by atoms with Crippen LogP contribution in [0.5, 0.6) is 0 Å². The number of rotatable bonds is 4. The standard InChI is InChI=1S/C16H20FNO/c17-15-8-4-1-5-12(15)11-16(19)18(14-9-10-14)13-6-2-3-7-13/h1,4-5,8,13-14H,2-3,6-7,9-11H2. The SMILES string of the molecule is O=C(Cc1ccccc1F)N(C1CCCC1)C1CC1. The van der Waals surface area contributed by atoms with Crippen LogP contribution in [0, 0.1) is 5.82 Å². The Kier molecular flexibility index (Phi) is 3.54. The number of hydrogen-bond donors (Lipinski definition) is 0. The van der Waals surface area contributed by atoms with Crippen LogP contribution < -0.4 is 0 Å². The van der Waals surface area contributed by atoms with Gasteiger partial charge >= 0.3 is 0 Å². The van der Waals surface area contributed by atoms with Gasteiger partial charge in [-0.15, -0.1) is 0 Å². The van der Waals surface area contributed by atoms with E-state index in [2.05, 4.69) is 4.90 Å². The highest BCUT2D eigenvalue weighted by Crippen LogP contribution is 2.34. The van der Waals surface area contributed by atoms with Crippen LogP contribution >= 0.6 is 0 Å². The van der Waals surface area contributed by atoms with Crippen LogP contribution in [0.15, 0.2) is 24.3 Å². The van der Waals surface area contributed by atoms with E-state index < -0.39 is 0 Å². The molecule has 0 aliphatic heterocycles. The zero-order valence-electron chi connectivity index (χ0n) is 11.1. The highest BCUT2D eigenvalue weighted by Gasteiger charge is 2.38. The molecule has 3 rings (SSSR count). The highest BCUT2D eigenvalue weighted by atomic mass is 19.1. The normalized spacial score (nSPS) is 19.6. The van der Waals surface area contributed by atoms with Crippen LogP contribution in [-0.4, -0.2) is 22.9 Å². The fourth-order valence-electron chi connectivity index (χ4n) is 3.14. The molecule has 0 saturated heterocycles. The van der Waals surface area contributed by atoms with Crippen molar-refractivity contribution in [1.82, 2.24) is 4.90 Å². The van der Waals surface area contributed by atoms with Crippen molar-refractivity contribution in [3.05, 3.63) is 35.6 Å². The molecule has 0 unspecified atom stereocenters. The predicted molar refractivity (Wildman–Crippen MR) is 72.2 cm³/mol. The Morgan fingerprint density at radius 1 is 1.11 bits per heavy atom. The van der Waals surface area contributed by atoms with Gasteiger partial charge in [-0.25, -0.2) is 4.39 Å². The summed E-state index contributed by atoms with van der Waals surface area (Å²) in [6.45, 7) is 0. The highest BCUT2D eigenvalue weighted by molar-refractivity contribution is 5.79. The summed E-state index contributed by atoms with van der Waals surface area (Å²) >= 11 is 0. The van der Waals surface area contributed by atoms with E-state index in [-0.39, 0.29) is 18.1 Å². The molecule has 2 aliphatic rings. The Bertz CT molecular complexity index is 464. The predicted octanol–water partition coefficient (Wildman–Crippen LogP) is 3.30. The van der Waals surface area contributed by atoms with Crippen LogP contribution in [-0.2, 0) is 11.2 Å². The third-order valence-corrected chi connectivity index (χ3v) is 4.25. The molecule has 19 heavy (non-hydrogen) atoms. The van der Waals surface area contributed by atoms with E-state index in [0.29, 0.717) is 17.6 Å². The number of benzene rings is 1. The van der Waals surface area contributed by atoms with Gasteiger partial charge in [0.15, 0.2) is 0 Å². The van der Waals surface area contributed by atoms with Crippen molar-refractivity contribution in [2.75, 3.05) is 0 Å². The second-order valence-corrected chi connectivity index (χ2v) is 5.74. The Labute approximate surface area is 113 Å². The first kappa shape index (κ1) is 12.6. The van der Waals surface area contributed by atoms with E-state index in [1.165, 1.54) is 18.9 Å². The Morgan fingerprint density at radius 3 is 2.37 bits per heavy atom. The van der Waals surface area contributed by atoms with Gasteiger partial charge in [0.25, 0.3) is 0 Å². The maximum Gasteiger partial charge on any atom is 0.227 e. The average Bonchev–Trinajstić information content (AvgIpc) is 3.07. The van der Waals surface area contributed by atoms with Crippen LogP contribution in [0.1, 0.15) is 44.1 Å². The molecule has 0 bridgehead atoms. The summed E-state index contributed by atoms with van der Waals surface area (Å²) in [4.78, 5) is 14.6. The lowest BCUT2D eigenvalue weighted by Crippen LogP contribution is -2.41. The molecule has 0 aromatic heterocycles. The first-order valence-electron chi connectivity index (χ1n) is 7.30. The topological polar surface area (TPSA) is 20.3 Å². The summed E-state index contributed by atoms with van der Waals surface area (Å²) in [5.41, 5.74) is 0.524. The first-order valence-corrected chi connectivity index (χ1v) is 7.30. The van der Waals surface area contributed by atoms with Gasteiger partial charge in [0, 0.05) is 12.1 Å². The van der Waals surface area contributed by atoms with Crippen molar-refractivity contribution in [2.24, 2.45) is 0 Å². The molecule has 1 aromatic rings. The van der Waals surface area contributed by atoms with Crippen LogP contribution in [0.4, 0.5) is 4.39 Å². The Morgan fingerprint density at radius 2 is 1.74 bits per heavy atom. The minimum absolute atomic E-state index is 0.111. The second-order valence-electron chi connectivity index (χ2n) is 5.74. The summed E-state index contributed by atoms with van der Waals surface area (Å²) in [5.74, 6) is -0.155. The van der Waals surface area contributed by atoms with Crippen LogP contribution in [0.3, 0.4) is 0 Å². The molecule has 0 heterocycles. The average molecular weight is 261 g/mol. The van der Waals surface area contributed by atoms with Gasteiger partial charge in [0.1, 0.15) is 5.82 Å². The molecule has 0 radical (unpaired) electrons. The molecular formula is C16H20FNO. The van der Waals surface area contributed by atoms with Crippen LogP contribution in [0.25, 0.3) is 0 Å². The van der Waals surface area contributed by atoms with E-state index in [0.717, 1.165) is 25.7 Å². The molecule has 102 valence electrons. The third-order valence-electron chi connectivity index (χ3n) is 4.25. The fraction of sp³-hybridized carbons (Fsp3) is 0.562. The number of halogens is 1. The molecule has 0 N–H and O–H groups in total. The van der Waals surface area contributed by atoms with E-state index in [4.69, 9.17) is 0 Å². The van der Waals surface area contributed by atoms with Crippen molar-refractivity contribution in [2.45, 2.75) is 57.0 Å². The van der Waals surface area contributed by atoms with E-state index in [9.17, 15) is 9.18 Å². The summed E-state index contributed by atoms with van der Waals surface area (Å²) in [6.07, 6.45) is 7.15. The minimum Gasteiger partial charge on any atom is -0.336 e. The number of carbonyl (C=O) groups excluding carboxylic acids is 1. The smallest absolute Gasteiger partial charge is 0.227 e. The van der Waals surface area contributed by atoms with Gasteiger partial charge in [-0.05, 0) is 37.3 Å².